The molecule has 0 aliphatic rings. The van der Waals surface area contributed by atoms with Crippen molar-refractivity contribution >= 4 is 28.4 Å². The number of hydrogen-bond acceptors (Lipinski definition) is 1. The van der Waals surface area contributed by atoms with Gasteiger partial charge >= 0.3 is 6.18 Å². The Labute approximate surface area is 188 Å². The van der Waals surface area contributed by atoms with Gasteiger partial charge in [-0.3, -0.25) is 4.79 Å². The number of hydrogen-bond donors (Lipinski definition) is 1. The van der Waals surface area contributed by atoms with Crippen molar-refractivity contribution in [2.24, 2.45) is 0 Å². The van der Waals surface area contributed by atoms with Gasteiger partial charge < -0.3 is 9.88 Å². The Balaban J connectivity index is 1.51. The zero-order valence-corrected chi connectivity index (χ0v) is 17.8. The summed E-state index contributed by atoms with van der Waals surface area (Å²) in [6, 6.07) is 20.4. The van der Waals surface area contributed by atoms with Crippen molar-refractivity contribution in [2.75, 3.05) is 6.54 Å². The average Bonchev–Trinajstić information content (AvgIpc) is 3.13. The summed E-state index contributed by atoms with van der Waals surface area (Å²) in [7, 11) is 0. The molecule has 0 saturated carbocycles. The van der Waals surface area contributed by atoms with Gasteiger partial charge in [-0.2, -0.15) is 13.2 Å². The van der Waals surface area contributed by atoms with Crippen molar-refractivity contribution in [3.8, 4) is 0 Å². The highest BCUT2D eigenvalue weighted by molar-refractivity contribution is 6.30. The summed E-state index contributed by atoms with van der Waals surface area (Å²) in [5.74, 6) is -0.319. The number of rotatable bonds is 6. The molecule has 3 aromatic carbocycles. The lowest BCUT2D eigenvalue weighted by Crippen LogP contribution is -2.26. The molecule has 0 bridgehead atoms. The topological polar surface area (TPSA) is 34.0 Å². The van der Waals surface area contributed by atoms with Crippen LogP contribution in [0.4, 0.5) is 13.2 Å². The molecule has 1 amide bonds. The van der Waals surface area contributed by atoms with Gasteiger partial charge in [-0.1, -0.05) is 60.1 Å². The van der Waals surface area contributed by atoms with Crippen LogP contribution >= 0.6 is 11.6 Å². The molecule has 0 atom stereocenters. The van der Waals surface area contributed by atoms with Crippen LogP contribution in [0.1, 0.15) is 27.0 Å². The number of aromatic nitrogens is 1. The fraction of sp³-hybridized carbons (Fsp3) is 0.160. The number of amides is 1. The summed E-state index contributed by atoms with van der Waals surface area (Å²) < 4.78 is 41.5. The van der Waals surface area contributed by atoms with Crippen LogP contribution in [0.5, 0.6) is 0 Å². The average molecular weight is 457 g/mol. The molecule has 4 aromatic rings. The van der Waals surface area contributed by atoms with Crippen LogP contribution in [-0.2, 0) is 19.1 Å². The van der Waals surface area contributed by atoms with E-state index in [1.165, 1.54) is 12.1 Å². The van der Waals surface area contributed by atoms with Crippen molar-refractivity contribution in [3.05, 3.63) is 106 Å². The smallest absolute Gasteiger partial charge is 0.352 e. The van der Waals surface area contributed by atoms with E-state index in [4.69, 9.17) is 11.6 Å². The Bertz CT molecular complexity index is 1250. The number of carbonyl (C=O) groups excluding carboxylic acids is 1. The number of para-hydroxylation sites is 1. The van der Waals surface area contributed by atoms with E-state index < -0.39 is 11.7 Å². The summed E-state index contributed by atoms with van der Waals surface area (Å²) in [6.07, 6.45) is -2.56. The first-order chi connectivity index (χ1) is 15.3. The van der Waals surface area contributed by atoms with Crippen LogP contribution in [0.2, 0.25) is 5.02 Å². The molecule has 0 fully saturated rings. The molecule has 0 aliphatic carbocycles. The van der Waals surface area contributed by atoms with Crippen molar-refractivity contribution in [2.45, 2.75) is 19.1 Å². The maximum absolute atomic E-state index is 13.2. The number of carbonyl (C=O) groups is 1. The van der Waals surface area contributed by atoms with E-state index in [1.54, 1.807) is 12.3 Å². The third-order valence-corrected chi connectivity index (χ3v) is 5.55. The molecule has 32 heavy (non-hydrogen) atoms. The van der Waals surface area contributed by atoms with E-state index in [0.29, 0.717) is 17.1 Å². The molecular weight excluding hydrogens is 437 g/mol. The van der Waals surface area contributed by atoms with Gasteiger partial charge in [0.2, 0.25) is 0 Å². The molecule has 1 N–H and O–H groups in total. The van der Waals surface area contributed by atoms with Crippen LogP contribution < -0.4 is 5.32 Å². The zero-order valence-electron chi connectivity index (χ0n) is 17.0. The normalized spacial score (nSPS) is 11.6. The molecule has 7 heteroatoms. The number of benzene rings is 3. The molecule has 0 radical (unpaired) electrons. The third-order valence-electron chi connectivity index (χ3n) is 5.30. The Morgan fingerprint density at radius 1 is 0.938 bits per heavy atom. The van der Waals surface area contributed by atoms with Crippen LogP contribution in [0.25, 0.3) is 10.9 Å². The number of nitrogens with zero attached hydrogens (tertiary/aromatic N) is 1. The quantitative estimate of drug-likeness (QED) is 0.361. The Kier molecular flexibility index (Phi) is 6.24. The Morgan fingerprint density at radius 2 is 1.62 bits per heavy atom. The highest BCUT2D eigenvalue weighted by Gasteiger charge is 2.32. The molecular formula is C25H20ClF3N2O. The van der Waals surface area contributed by atoms with E-state index in [9.17, 15) is 18.0 Å². The lowest BCUT2D eigenvalue weighted by molar-refractivity contribution is -0.138. The summed E-state index contributed by atoms with van der Waals surface area (Å²) >= 11 is 5.96. The van der Waals surface area contributed by atoms with Gasteiger partial charge in [0.1, 0.15) is 0 Å². The van der Waals surface area contributed by atoms with E-state index in [1.807, 2.05) is 53.1 Å². The predicted molar refractivity (Wildman–Crippen MR) is 120 cm³/mol. The molecule has 0 unspecified atom stereocenters. The van der Waals surface area contributed by atoms with Gasteiger partial charge in [-0.15, -0.1) is 0 Å². The number of halogens is 4. The second-order valence-corrected chi connectivity index (χ2v) is 7.91. The van der Waals surface area contributed by atoms with Crippen LogP contribution in [-0.4, -0.2) is 17.0 Å². The fourth-order valence-electron chi connectivity index (χ4n) is 3.77. The SMILES string of the molecule is O=C(NCCc1ccccc1C(F)(F)F)c1cn(Cc2ccc(Cl)cc2)c2ccccc12. The van der Waals surface area contributed by atoms with Crippen LogP contribution in [0.3, 0.4) is 0 Å². The minimum absolute atomic E-state index is 0.0881. The van der Waals surface area contributed by atoms with Gasteiger partial charge in [0.15, 0.2) is 0 Å². The molecule has 164 valence electrons. The fourth-order valence-corrected chi connectivity index (χ4v) is 3.89. The third kappa shape index (κ3) is 4.81. The number of alkyl halides is 3. The standard InChI is InChI=1S/C25H20ClF3N2O/c26-19-11-9-17(10-12-19)15-31-16-21(20-6-2-4-8-23(20)31)24(32)30-14-13-18-5-1-3-7-22(18)25(27,28)29/h1-12,16H,13-15H2,(H,30,32). The second-order valence-electron chi connectivity index (χ2n) is 7.48. The minimum atomic E-state index is -4.42. The summed E-state index contributed by atoms with van der Waals surface area (Å²) in [4.78, 5) is 12.9. The highest BCUT2D eigenvalue weighted by Crippen LogP contribution is 2.32. The van der Waals surface area contributed by atoms with Crippen molar-refractivity contribution in [1.82, 2.24) is 9.88 Å². The maximum Gasteiger partial charge on any atom is 0.416 e. The molecule has 0 aliphatic heterocycles. The van der Waals surface area contributed by atoms with Gasteiger partial charge in [0, 0.05) is 35.2 Å². The van der Waals surface area contributed by atoms with E-state index in [-0.39, 0.29) is 24.4 Å². The second kappa shape index (κ2) is 9.09. The minimum Gasteiger partial charge on any atom is -0.352 e. The number of nitrogens with one attached hydrogen (secondary N) is 1. The van der Waals surface area contributed by atoms with Crippen molar-refractivity contribution in [1.29, 1.82) is 0 Å². The van der Waals surface area contributed by atoms with E-state index in [0.717, 1.165) is 22.5 Å². The van der Waals surface area contributed by atoms with Crippen molar-refractivity contribution < 1.29 is 18.0 Å². The van der Waals surface area contributed by atoms with E-state index >= 15 is 0 Å². The van der Waals surface area contributed by atoms with Gasteiger partial charge in [-0.25, -0.2) is 0 Å². The zero-order chi connectivity index (χ0) is 22.7. The molecule has 0 spiro atoms. The van der Waals surface area contributed by atoms with Gasteiger partial charge in [0.05, 0.1) is 11.1 Å². The Morgan fingerprint density at radius 3 is 2.38 bits per heavy atom. The predicted octanol–water partition coefficient (Wildman–Crippen LogP) is 6.33. The van der Waals surface area contributed by atoms with Crippen LogP contribution in [0.15, 0.2) is 79.0 Å². The highest BCUT2D eigenvalue weighted by atomic mass is 35.5. The monoisotopic (exact) mass is 456 g/mol. The molecule has 1 aromatic heterocycles. The van der Waals surface area contributed by atoms with E-state index in [2.05, 4.69) is 5.32 Å². The molecule has 1 heterocycles. The van der Waals surface area contributed by atoms with Gasteiger partial charge in [-0.05, 0) is 41.8 Å². The summed E-state index contributed by atoms with van der Waals surface area (Å²) in [5.41, 5.74) is 1.90. The first-order valence-corrected chi connectivity index (χ1v) is 10.5. The lowest BCUT2D eigenvalue weighted by atomic mass is 10.0. The lowest BCUT2D eigenvalue weighted by Gasteiger charge is -2.12. The van der Waals surface area contributed by atoms with Gasteiger partial charge in [0.25, 0.3) is 5.91 Å². The summed E-state index contributed by atoms with van der Waals surface area (Å²) in [6.45, 7) is 0.659. The summed E-state index contributed by atoms with van der Waals surface area (Å²) in [5, 5.41) is 4.20. The first kappa shape index (κ1) is 22.0. The first-order valence-electron chi connectivity index (χ1n) is 10.1. The Hall–Kier alpha value is -3.25. The molecule has 3 nitrogen and oxygen atoms in total. The van der Waals surface area contributed by atoms with Crippen molar-refractivity contribution in [3.63, 3.8) is 0 Å². The largest absolute Gasteiger partial charge is 0.416 e. The number of fused-ring (bicyclic) bond motifs is 1. The van der Waals surface area contributed by atoms with Crippen LogP contribution in [0, 0.1) is 0 Å². The molecule has 4 rings (SSSR count). The maximum atomic E-state index is 13.2. The molecule has 0 saturated heterocycles.